The number of hydrogen-bond acceptors (Lipinski definition) is 3. The second-order valence-electron chi connectivity index (χ2n) is 5.32. The Kier molecular flexibility index (Phi) is 2.64. The lowest BCUT2D eigenvalue weighted by molar-refractivity contribution is -0.143. The SMILES string of the molecule is CC1CCC(C(=O)N2CC[C@H]3CNC[C@H]32)O1. The third kappa shape index (κ3) is 1.64. The smallest absolute Gasteiger partial charge is 0.252 e. The van der Waals surface area contributed by atoms with Gasteiger partial charge in [-0.25, -0.2) is 0 Å². The Hall–Kier alpha value is -0.610. The second kappa shape index (κ2) is 4.00. The molecular formula is C12H20N2O2. The van der Waals surface area contributed by atoms with Gasteiger partial charge in [-0.1, -0.05) is 0 Å². The van der Waals surface area contributed by atoms with E-state index in [0.717, 1.165) is 38.9 Å². The van der Waals surface area contributed by atoms with Gasteiger partial charge >= 0.3 is 0 Å². The molecule has 0 spiro atoms. The van der Waals surface area contributed by atoms with Crippen LogP contribution in [0.1, 0.15) is 26.2 Å². The van der Waals surface area contributed by atoms with Gasteiger partial charge in [0.25, 0.3) is 5.91 Å². The number of fused-ring (bicyclic) bond motifs is 1. The van der Waals surface area contributed by atoms with Gasteiger partial charge in [0.2, 0.25) is 0 Å². The third-order valence-electron chi connectivity index (χ3n) is 4.24. The van der Waals surface area contributed by atoms with E-state index in [4.69, 9.17) is 4.74 Å². The summed E-state index contributed by atoms with van der Waals surface area (Å²) in [6.45, 7) is 5.04. The van der Waals surface area contributed by atoms with Crippen LogP contribution in [-0.2, 0) is 9.53 Å². The number of carbonyl (C=O) groups excluding carboxylic acids is 1. The molecule has 0 radical (unpaired) electrons. The molecule has 90 valence electrons. The maximum absolute atomic E-state index is 12.3. The van der Waals surface area contributed by atoms with Crippen molar-refractivity contribution in [3.63, 3.8) is 0 Å². The van der Waals surface area contributed by atoms with Gasteiger partial charge in [0.1, 0.15) is 6.10 Å². The van der Waals surface area contributed by atoms with Crippen LogP contribution in [0.25, 0.3) is 0 Å². The van der Waals surface area contributed by atoms with Crippen LogP contribution in [0.15, 0.2) is 0 Å². The number of hydrogen-bond donors (Lipinski definition) is 1. The summed E-state index contributed by atoms with van der Waals surface area (Å²) < 4.78 is 5.67. The minimum atomic E-state index is -0.158. The van der Waals surface area contributed by atoms with Crippen molar-refractivity contribution in [2.24, 2.45) is 5.92 Å². The van der Waals surface area contributed by atoms with Crippen molar-refractivity contribution in [3.05, 3.63) is 0 Å². The van der Waals surface area contributed by atoms with Crippen LogP contribution < -0.4 is 5.32 Å². The summed E-state index contributed by atoms with van der Waals surface area (Å²) in [5, 5.41) is 3.37. The number of amides is 1. The van der Waals surface area contributed by atoms with E-state index in [9.17, 15) is 4.79 Å². The van der Waals surface area contributed by atoms with Crippen LogP contribution in [-0.4, -0.2) is 48.7 Å². The summed E-state index contributed by atoms with van der Waals surface area (Å²) in [7, 11) is 0. The molecule has 0 bridgehead atoms. The van der Waals surface area contributed by atoms with Gasteiger partial charge in [-0.2, -0.15) is 0 Å². The van der Waals surface area contributed by atoms with E-state index in [2.05, 4.69) is 17.1 Å². The fraction of sp³-hybridized carbons (Fsp3) is 0.917. The van der Waals surface area contributed by atoms with Gasteiger partial charge in [-0.15, -0.1) is 0 Å². The lowest BCUT2D eigenvalue weighted by atomic mass is 10.0. The van der Waals surface area contributed by atoms with Crippen LogP contribution >= 0.6 is 0 Å². The van der Waals surface area contributed by atoms with Crippen molar-refractivity contribution in [3.8, 4) is 0 Å². The topological polar surface area (TPSA) is 41.6 Å². The van der Waals surface area contributed by atoms with Gasteiger partial charge < -0.3 is 15.0 Å². The van der Waals surface area contributed by atoms with Crippen molar-refractivity contribution in [1.29, 1.82) is 0 Å². The fourth-order valence-electron chi connectivity index (χ4n) is 3.29. The molecule has 4 atom stereocenters. The Morgan fingerprint density at radius 3 is 2.94 bits per heavy atom. The summed E-state index contributed by atoms with van der Waals surface area (Å²) in [6.07, 6.45) is 3.19. The van der Waals surface area contributed by atoms with Gasteiger partial charge in [0, 0.05) is 25.7 Å². The van der Waals surface area contributed by atoms with E-state index in [1.807, 2.05) is 0 Å². The standard InChI is InChI=1S/C12H20N2O2/c1-8-2-3-11(16-8)12(15)14-5-4-9-6-13-7-10(9)14/h8-11,13H,2-7H2,1H3/t8?,9-,10+,11?/m0/s1. The predicted octanol–water partition coefficient (Wildman–Crippen LogP) is 0.374. The van der Waals surface area contributed by atoms with Crippen molar-refractivity contribution in [1.82, 2.24) is 10.2 Å². The molecule has 3 saturated heterocycles. The second-order valence-corrected chi connectivity index (χ2v) is 5.32. The van der Waals surface area contributed by atoms with E-state index < -0.39 is 0 Å². The molecular weight excluding hydrogens is 204 g/mol. The molecule has 3 rings (SSSR count). The molecule has 2 unspecified atom stereocenters. The average Bonchev–Trinajstić information content (AvgIpc) is 2.90. The molecule has 0 aromatic rings. The highest BCUT2D eigenvalue weighted by Gasteiger charge is 2.43. The maximum atomic E-state index is 12.3. The third-order valence-corrected chi connectivity index (χ3v) is 4.24. The van der Waals surface area contributed by atoms with Crippen LogP contribution in [0.2, 0.25) is 0 Å². The molecule has 1 amide bonds. The minimum Gasteiger partial charge on any atom is -0.365 e. The van der Waals surface area contributed by atoms with Crippen LogP contribution in [0.3, 0.4) is 0 Å². The van der Waals surface area contributed by atoms with Gasteiger partial charge in [-0.05, 0) is 32.1 Å². The van der Waals surface area contributed by atoms with Crippen molar-refractivity contribution >= 4 is 5.91 Å². The van der Waals surface area contributed by atoms with E-state index in [1.54, 1.807) is 0 Å². The molecule has 4 nitrogen and oxygen atoms in total. The first-order valence-electron chi connectivity index (χ1n) is 6.42. The highest BCUT2D eigenvalue weighted by atomic mass is 16.5. The summed E-state index contributed by atoms with van der Waals surface area (Å²) >= 11 is 0. The molecule has 1 N–H and O–H groups in total. The van der Waals surface area contributed by atoms with E-state index in [-0.39, 0.29) is 18.1 Å². The molecule has 0 aliphatic carbocycles. The highest BCUT2D eigenvalue weighted by Crippen LogP contribution is 2.30. The average molecular weight is 224 g/mol. The zero-order valence-corrected chi connectivity index (χ0v) is 9.82. The number of nitrogens with one attached hydrogen (secondary N) is 1. The van der Waals surface area contributed by atoms with Crippen LogP contribution in [0, 0.1) is 5.92 Å². The lowest BCUT2D eigenvalue weighted by Crippen LogP contribution is -2.44. The largest absolute Gasteiger partial charge is 0.365 e. The van der Waals surface area contributed by atoms with Gasteiger partial charge in [0.05, 0.1) is 6.10 Å². The molecule has 0 saturated carbocycles. The monoisotopic (exact) mass is 224 g/mol. The van der Waals surface area contributed by atoms with Crippen LogP contribution in [0.4, 0.5) is 0 Å². The number of carbonyl (C=O) groups is 1. The zero-order valence-electron chi connectivity index (χ0n) is 9.82. The Labute approximate surface area is 96.3 Å². The molecule has 16 heavy (non-hydrogen) atoms. The van der Waals surface area contributed by atoms with Gasteiger partial charge in [-0.3, -0.25) is 4.79 Å². The zero-order chi connectivity index (χ0) is 11.1. The summed E-state index contributed by atoms with van der Waals surface area (Å²) in [5.41, 5.74) is 0. The molecule has 0 aromatic carbocycles. The molecule has 3 aliphatic heterocycles. The minimum absolute atomic E-state index is 0.158. The Morgan fingerprint density at radius 2 is 2.19 bits per heavy atom. The normalized spacial score (nSPS) is 42.7. The first-order valence-corrected chi connectivity index (χ1v) is 6.42. The Balaban J connectivity index is 1.66. The molecule has 0 aromatic heterocycles. The van der Waals surface area contributed by atoms with E-state index in [0.29, 0.717) is 12.0 Å². The predicted molar refractivity (Wildman–Crippen MR) is 60.0 cm³/mol. The first-order chi connectivity index (χ1) is 7.75. The maximum Gasteiger partial charge on any atom is 0.252 e. The molecule has 3 fully saturated rings. The highest BCUT2D eigenvalue weighted by molar-refractivity contribution is 5.82. The lowest BCUT2D eigenvalue weighted by Gasteiger charge is -2.26. The summed E-state index contributed by atoms with van der Waals surface area (Å²) in [6, 6.07) is 0.437. The van der Waals surface area contributed by atoms with E-state index >= 15 is 0 Å². The molecule has 3 heterocycles. The summed E-state index contributed by atoms with van der Waals surface area (Å²) in [5.74, 6) is 0.920. The quantitative estimate of drug-likeness (QED) is 0.700. The van der Waals surface area contributed by atoms with Gasteiger partial charge in [0.15, 0.2) is 0 Å². The molecule has 4 heteroatoms. The number of ether oxygens (including phenoxy) is 1. The Morgan fingerprint density at radius 1 is 1.31 bits per heavy atom. The Bertz CT molecular complexity index is 295. The van der Waals surface area contributed by atoms with Crippen molar-refractivity contribution in [2.75, 3.05) is 19.6 Å². The van der Waals surface area contributed by atoms with Crippen molar-refractivity contribution in [2.45, 2.75) is 44.4 Å². The summed E-state index contributed by atoms with van der Waals surface area (Å²) in [4.78, 5) is 14.4. The number of rotatable bonds is 1. The van der Waals surface area contributed by atoms with Crippen LogP contribution in [0.5, 0.6) is 0 Å². The number of nitrogens with zero attached hydrogens (tertiary/aromatic N) is 1. The van der Waals surface area contributed by atoms with E-state index in [1.165, 1.54) is 0 Å². The molecule has 3 aliphatic rings. The fourth-order valence-corrected chi connectivity index (χ4v) is 3.29. The first kappa shape index (κ1) is 10.5. The number of likely N-dealkylation sites (tertiary alicyclic amines) is 1. The van der Waals surface area contributed by atoms with Crippen molar-refractivity contribution < 1.29 is 9.53 Å².